The Balaban J connectivity index is 1.95. The van der Waals surface area contributed by atoms with Crippen LogP contribution in [-0.4, -0.2) is 11.8 Å². The van der Waals surface area contributed by atoms with Crippen molar-refractivity contribution in [2.24, 2.45) is 0 Å². The first-order valence-electron chi connectivity index (χ1n) is 7.14. The van der Waals surface area contributed by atoms with Gasteiger partial charge in [0.2, 0.25) is 0 Å². The van der Waals surface area contributed by atoms with Crippen molar-refractivity contribution < 1.29 is 17.6 Å². The van der Waals surface area contributed by atoms with Crippen LogP contribution in [0.4, 0.5) is 17.6 Å². The van der Waals surface area contributed by atoms with Crippen molar-refractivity contribution >= 4 is 5.57 Å². The lowest BCUT2D eigenvalue weighted by Crippen LogP contribution is -2.41. The molecule has 0 nitrogen and oxygen atoms in total. The van der Waals surface area contributed by atoms with Crippen LogP contribution in [0.2, 0.25) is 0 Å². The molecule has 4 heteroatoms. The number of alkyl halides is 4. The van der Waals surface area contributed by atoms with E-state index in [9.17, 15) is 17.6 Å². The molecule has 0 saturated heterocycles. The van der Waals surface area contributed by atoms with Crippen molar-refractivity contribution in [3.63, 3.8) is 0 Å². The molecule has 23 heavy (non-hydrogen) atoms. The van der Waals surface area contributed by atoms with Gasteiger partial charge in [-0.1, -0.05) is 66.2 Å². The molecule has 1 aliphatic rings. The van der Waals surface area contributed by atoms with E-state index in [1.165, 1.54) is 12.1 Å². The lowest BCUT2D eigenvalue weighted by molar-refractivity contribution is -0.140. The molecule has 118 valence electrons. The number of hydrogen-bond donors (Lipinski definition) is 0. The third-order valence-electron chi connectivity index (χ3n) is 3.91. The molecule has 0 saturated carbocycles. The molecule has 0 amide bonds. The van der Waals surface area contributed by atoms with E-state index < -0.39 is 17.4 Å². The fourth-order valence-corrected chi connectivity index (χ4v) is 2.52. The Kier molecular flexibility index (Phi) is 3.63. The molecule has 0 heterocycles. The van der Waals surface area contributed by atoms with E-state index in [2.05, 4.69) is 0 Å². The third kappa shape index (κ3) is 2.69. The van der Waals surface area contributed by atoms with Crippen LogP contribution in [0, 0.1) is 6.92 Å². The topological polar surface area (TPSA) is 0 Å². The maximum Gasteiger partial charge on any atom is 0.339 e. The quantitative estimate of drug-likeness (QED) is 0.606. The number of benzene rings is 2. The van der Waals surface area contributed by atoms with Gasteiger partial charge in [0.05, 0.1) is 0 Å². The summed E-state index contributed by atoms with van der Waals surface area (Å²) in [6.45, 7) is 1.97. The van der Waals surface area contributed by atoms with Crippen LogP contribution in [0.5, 0.6) is 0 Å². The molecule has 0 atom stereocenters. The molecule has 0 unspecified atom stereocenters. The van der Waals surface area contributed by atoms with Crippen LogP contribution < -0.4 is 0 Å². The van der Waals surface area contributed by atoms with Crippen molar-refractivity contribution in [3.05, 3.63) is 77.9 Å². The molecule has 0 aliphatic heterocycles. The molecule has 0 N–H and O–H groups in total. The van der Waals surface area contributed by atoms with Gasteiger partial charge in [-0.05, 0) is 29.7 Å². The minimum Gasteiger partial charge on any atom is -0.195 e. The Hall–Kier alpha value is -2.36. The van der Waals surface area contributed by atoms with Gasteiger partial charge in [-0.3, -0.25) is 0 Å². The second kappa shape index (κ2) is 5.37. The molecular weight excluding hydrogens is 304 g/mol. The second-order valence-corrected chi connectivity index (χ2v) is 5.58. The van der Waals surface area contributed by atoms with Crippen LogP contribution in [0.25, 0.3) is 16.7 Å². The van der Waals surface area contributed by atoms with Gasteiger partial charge in [0, 0.05) is 5.57 Å². The lowest BCUT2D eigenvalue weighted by Gasteiger charge is -2.29. The average Bonchev–Trinajstić information content (AvgIpc) is 2.51. The van der Waals surface area contributed by atoms with E-state index >= 15 is 0 Å². The summed E-state index contributed by atoms with van der Waals surface area (Å²) in [6, 6.07) is 14.0. The fourth-order valence-electron chi connectivity index (χ4n) is 2.52. The van der Waals surface area contributed by atoms with Gasteiger partial charge in [0.1, 0.15) is 0 Å². The molecule has 0 spiro atoms. The van der Waals surface area contributed by atoms with E-state index in [1.807, 2.05) is 31.2 Å². The Morgan fingerprint density at radius 1 is 0.696 bits per heavy atom. The molecule has 0 radical (unpaired) electrons. The normalized spacial score (nSPS) is 18.6. The van der Waals surface area contributed by atoms with Crippen LogP contribution in [0.1, 0.15) is 11.1 Å². The standard InChI is InChI=1S/C19H14F4/c1-13-4-6-14(7-5-13)15-8-10-16(11-9-15)17-3-2-12-18(20,21)19(17,22)23/h2-12H,1H3. The lowest BCUT2D eigenvalue weighted by atomic mass is 9.90. The fraction of sp³-hybridized carbons (Fsp3) is 0.158. The van der Waals surface area contributed by atoms with Crippen molar-refractivity contribution in [1.82, 2.24) is 0 Å². The Labute approximate surface area is 131 Å². The summed E-state index contributed by atoms with van der Waals surface area (Å²) in [5.41, 5.74) is 2.33. The van der Waals surface area contributed by atoms with Crippen LogP contribution >= 0.6 is 0 Å². The van der Waals surface area contributed by atoms with Gasteiger partial charge in [0.25, 0.3) is 0 Å². The predicted octanol–water partition coefficient (Wildman–Crippen LogP) is 5.89. The highest BCUT2D eigenvalue weighted by Crippen LogP contribution is 2.47. The summed E-state index contributed by atoms with van der Waals surface area (Å²) in [6.07, 6.45) is 2.25. The van der Waals surface area contributed by atoms with E-state index in [-0.39, 0.29) is 11.6 Å². The zero-order chi connectivity index (χ0) is 16.7. The summed E-state index contributed by atoms with van der Waals surface area (Å²) >= 11 is 0. The first-order chi connectivity index (χ1) is 10.8. The number of allylic oxidation sites excluding steroid dienone is 4. The van der Waals surface area contributed by atoms with Gasteiger partial charge >= 0.3 is 11.8 Å². The highest BCUT2D eigenvalue weighted by molar-refractivity contribution is 5.77. The van der Waals surface area contributed by atoms with E-state index in [1.54, 1.807) is 12.1 Å². The zero-order valence-electron chi connectivity index (χ0n) is 12.4. The summed E-state index contributed by atoms with van der Waals surface area (Å²) in [7, 11) is 0. The smallest absolute Gasteiger partial charge is 0.195 e. The molecule has 0 aromatic heterocycles. The minimum atomic E-state index is -4.22. The highest BCUT2D eigenvalue weighted by atomic mass is 19.3. The Morgan fingerprint density at radius 2 is 1.17 bits per heavy atom. The Bertz CT molecular complexity index is 766. The largest absolute Gasteiger partial charge is 0.339 e. The van der Waals surface area contributed by atoms with Crippen molar-refractivity contribution in [2.75, 3.05) is 0 Å². The molecule has 0 bridgehead atoms. The maximum absolute atomic E-state index is 13.9. The van der Waals surface area contributed by atoms with Gasteiger partial charge in [-0.2, -0.15) is 17.6 Å². The summed E-state index contributed by atoms with van der Waals surface area (Å²) in [5.74, 6) is -8.39. The molecule has 0 fully saturated rings. The van der Waals surface area contributed by atoms with E-state index in [0.29, 0.717) is 0 Å². The van der Waals surface area contributed by atoms with E-state index in [0.717, 1.165) is 28.8 Å². The molecular formula is C19H14F4. The van der Waals surface area contributed by atoms with Crippen molar-refractivity contribution in [1.29, 1.82) is 0 Å². The van der Waals surface area contributed by atoms with Gasteiger partial charge < -0.3 is 0 Å². The first kappa shape index (κ1) is 15.5. The maximum atomic E-state index is 13.9. The zero-order valence-corrected chi connectivity index (χ0v) is 12.4. The van der Waals surface area contributed by atoms with Gasteiger partial charge in [0.15, 0.2) is 0 Å². The van der Waals surface area contributed by atoms with Crippen LogP contribution in [-0.2, 0) is 0 Å². The van der Waals surface area contributed by atoms with E-state index in [4.69, 9.17) is 0 Å². The molecule has 2 aromatic rings. The minimum absolute atomic E-state index is 0.0925. The molecule has 2 aromatic carbocycles. The summed E-state index contributed by atoms with van der Waals surface area (Å²) < 4.78 is 54.7. The van der Waals surface area contributed by atoms with Gasteiger partial charge in [-0.15, -0.1) is 0 Å². The second-order valence-electron chi connectivity index (χ2n) is 5.58. The number of halogens is 4. The SMILES string of the molecule is Cc1ccc(-c2ccc(C3=CC=CC(F)(F)C3(F)F)cc2)cc1. The summed E-state index contributed by atoms with van der Waals surface area (Å²) in [5, 5.41) is 0. The summed E-state index contributed by atoms with van der Waals surface area (Å²) in [4.78, 5) is 0. The first-order valence-corrected chi connectivity index (χ1v) is 7.14. The number of hydrogen-bond acceptors (Lipinski definition) is 0. The molecule has 3 rings (SSSR count). The molecule has 1 aliphatic carbocycles. The van der Waals surface area contributed by atoms with Crippen molar-refractivity contribution in [2.45, 2.75) is 18.8 Å². The monoisotopic (exact) mass is 318 g/mol. The number of rotatable bonds is 2. The number of aryl methyl sites for hydroxylation is 1. The highest BCUT2D eigenvalue weighted by Gasteiger charge is 2.58. The Morgan fingerprint density at radius 3 is 1.74 bits per heavy atom. The third-order valence-corrected chi connectivity index (χ3v) is 3.91. The van der Waals surface area contributed by atoms with Crippen LogP contribution in [0.3, 0.4) is 0 Å². The van der Waals surface area contributed by atoms with Crippen molar-refractivity contribution in [3.8, 4) is 11.1 Å². The van der Waals surface area contributed by atoms with Crippen LogP contribution in [0.15, 0.2) is 66.8 Å². The average molecular weight is 318 g/mol. The van der Waals surface area contributed by atoms with Gasteiger partial charge in [-0.25, -0.2) is 0 Å². The predicted molar refractivity (Wildman–Crippen MR) is 83.6 cm³/mol.